The number of nitro benzene ring substituents is 1. The Balaban J connectivity index is 2.21. The Morgan fingerprint density at radius 1 is 1.08 bits per heavy atom. The first-order valence-corrected chi connectivity index (χ1v) is 7.13. The molecule has 0 saturated carbocycles. The van der Waals surface area contributed by atoms with Crippen molar-refractivity contribution >= 4 is 17.4 Å². The summed E-state index contributed by atoms with van der Waals surface area (Å²) in [5, 5.41) is 11.2. The van der Waals surface area contributed by atoms with E-state index in [1.165, 1.54) is 26.4 Å². The first-order chi connectivity index (χ1) is 12.0. The van der Waals surface area contributed by atoms with Crippen LogP contribution < -0.4 is 9.47 Å². The summed E-state index contributed by atoms with van der Waals surface area (Å²) < 4.78 is 14.9. The van der Waals surface area contributed by atoms with Gasteiger partial charge in [-0.15, -0.1) is 0 Å². The fourth-order valence-electron chi connectivity index (χ4n) is 2.12. The summed E-state index contributed by atoms with van der Waals surface area (Å²) in [5.74, 6) is -0.851. The van der Waals surface area contributed by atoms with E-state index in [1.807, 2.05) is 0 Å². The number of hydrogen-bond acceptors (Lipinski definition) is 7. The summed E-state index contributed by atoms with van der Waals surface area (Å²) in [4.78, 5) is 34.2. The van der Waals surface area contributed by atoms with Crippen LogP contribution in [0.25, 0.3) is 0 Å². The molecular formula is C17H15NO7. The van der Waals surface area contributed by atoms with Crippen molar-refractivity contribution in [1.29, 1.82) is 0 Å². The third-order valence-corrected chi connectivity index (χ3v) is 3.34. The summed E-state index contributed by atoms with van der Waals surface area (Å²) in [6.45, 7) is -0.418. The smallest absolute Gasteiger partial charge is 0.338 e. The van der Waals surface area contributed by atoms with Gasteiger partial charge in [0.2, 0.25) is 5.78 Å². The number of carbonyl (C=O) groups is 2. The van der Waals surface area contributed by atoms with E-state index in [9.17, 15) is 19.7 Å². The Hall–Kier alpha value is -3.42. The molecule has 0 aliphatic heterocycles. The molecule has 0 N–H and O–H groups in total. The number of ether oxygens (including phenoxy) is 3. The highest BCUT2D eigenvalue weighted by Crippen LogP contribution is 2.28. The molecule has 0 aromatic heterocycles. The monoisotopic (exact) mass is 345 g/mol. The van der Waals surface area contributed by atoms with E-state index in [1.54, 1.807) is 24.3 Å². The van der Waals surface area contributed by atoms with E-state index >= 15 is 0 Å². The second kappa shape index (κ2) is 7.91. The van der Waals surface area contributed by atoms with Crippen molar-refractivity contribution < 1.29 is 28.7 Å². The van der Waals surface area contributed by atoms with E-state index < -0.39 is 29.0 Å². The second-order valence-electron chi connectivity index (χ2n) is 4.84. The molecule has 0 aliphatic rings. The lowest BCUT2D eigenvalue weighted by molar-refractivity contribution is -0.385. The third-order valence-electron chi connectivity index (χ3n) is 3.34. The molecule has 0 amide bonds. The molecule has 0 aliphatic carbocycles. The molecule has 2 aromatic carbocycles. The first kappa shape index (κ1) is 17.9. The van der Waals surface area contributed by atoms with Gasteiger partial charge in [0.05, 0.1) is 30.3 Å². The predicted molar refractivity (Wildman–Crippen MR) is 87.3 cm³/mol. The lowest BCUT2D eigenvalue weighted by atomic mass is 10.1. The molecule has 0 saturated heterocycles. The lowest BCUT2D eigenvalue weighted by Crippen LogP contribution is -2.13. The Bertz CT molecular complexity index is 816. The molecule has 8 heteroatoms. The summed E-state index contributed by atoms with van der Waals surface area (Å²) >= 11 is 0. The number of benzene rings is 2. The van der Waals surface area contributed by atoms with E-state index in [4.69, 9.17) is 9.47 Å². The standard InChI is InChI=1S/C17H15NO7/c1-23-15-6-4-3-5-12(15)14(19)10-25-16-8-7-11(17(20)24-2)9-13(16)18(21)22/h3-9H,10H2,1-2H3. The van der Waals surface area contributed by atoms with Crippen LogP contribution in [-0.4, -0.2) is 37.5 Å². The number of nitro groups is 1. The van der Waals surface area contributed by atoms with Crippen molar-refractivity contribution in [3.8, 4) is 11.5 Å². The van der Waals surface area contributed by atoms with E-state index in [2.05, 4.69) is 4.74 Å². The number of Topliss-reactive ketones (excluding diaryl/α,β-unsaturated/α-hetero) is 1. The molecule has 0 fully saturated rings. The van der Waals surface area contributed by atoms with Crippen molar-refractivity contribution in [3.05, 3.63) is 63.7 Å². The zero-order valence-corrected chi connectivity index (χ0v) is 13.6. The quantitative estimate of drug-likeness (QED) is 0.329. The van der Waals surface area contributed by atoms with E-state index in [0.717, 1.165) is 6.07 Å². The van der Waals surface area contributed by atoms with Crippen LogP contribution in [0.5, 0.6) is 11.5 Å². The van der Waals surface area contributed by atoms with Crippen molar-refractivity contribution in [2.24, 2.45) is 0 Å². The molecule has 0 radical (unpaired) electrons. The van der Waals surface area contributed by atoms with Crippen LogP contribution in [0.1, 0.15) is 20.7 Å². The average molecular weight is 345 g/mol. The van der Waals surface area contributed by atoms with Crippen LogP contribution in [0.3, 0.4) is 0 Å². The van der Waals surface area contributed by atoms with Crippen molar-refractivity contribution in [3.63, 3.8) is 0 Å². The van der Waals surface area contributed by atoms with Gasteiger partial charge in [0.25, 0.3) is 0 Å². The van der Waals surface area contributed by atoms with Gasteiger partial charge in [0.1, 0.15) is 5.75 Å². The second-order valence-corrected chi connectivity index (χ2v) is 4.84. The Morgan fingerprint density at radius 3 is 2.44 bits per heavy atom. The minimum absolute atomic E-state index is 0.0117. The molecule has 2 aromatic rings. The molecule has 8 nitrogen and oxygen atoms in total. The average Bonchev–Trinajstić information content (AvgIpc) is 2.65. The summed E-state index contributed by atoms with van der Waals surface area (Å²) in [5.41, 5.74) is -0.118. The van der Waals surface area contributed by atoms with Crippen LogP contribution in [0, 0.1) is 10.1 Å². The van der Waals surface area contributed by atoms with Gasteiger partial charge >= 0.3 is 11.7 Å². The Morgan fingerprint density at radius 2 is 1.80 bits per heavy atom. The zero-order chi connectivity index (χ0) is 18.4. The fourth-order valence-corrected chi connectivity index (χ4v) is 2.12. The summed E-state index contributed by atoms with van der Waals surface area (Å²) in [6.07, 6.45) is 0. The third kappa shape index (κ3) is 4.11. The van der Waals surface area contributed by atoms with Crippen LogP contribution in [0.15, 0.2) is 42.5 Å². The number of para-hydroxylation sites is 1. The maximum atomic E-state index is 12.3. The van der Waals surface area contributed by atoms with E-state index in [-0.39, 0.29) is 11.3 Å². The van der Waals surface area contributed by atoms with Gasteiger partial charge in [0.15, 0.2) is 12.4 Å². The van der Waals surface area contributed by atoms with Crippen molar-refractivity contribution in [1.82, 2.24) is 0 Å². The van der Waals surface area contributed by atoms with Crippen LogP contribution in [0.4, 0.5) is 5.69 Å². The normalized spacial score (nSPS) is 10.0. The number of hydrogen-bond donors (Lipinski definition) is 0. The van der Waals surface area contributed by atoms with Gasteiger partial charge in [0, 0.05) is 6.07 Å². The SMILES string of the molecule is COC(=O)c1ccc(OCC(=O)c2ccccc2OC)c([N+](=O)[O-])c1. The Kier molecular flexibility index (Phi) is 5.67. The fraction of sp³-hybridized carbons (Fsp3) is 0.176. The zero-order valence-electron chi connectivity index (χ0n) is 13.6. The highest BCUT2D eigenvalue weighted by molar-refractivity contribution is 5.99. The van der Waals surface area contributed by atoms with Crippen LogP contribution in [-0.2, 0) is 4.74 Å². The summed E-state index contributed by atoms with van der Waals surface area (Å²) in [6, 6.07) is 10.2. The molecule has 0 heterocycles. The molecule has 0 unspecified atom stereocenters. The number of rotatable bonds is 7. The lowest BCUT2D eigenvalue weighted by Gasteiger charge is -2.09. The topological polar surface area (TPSA) is 105 Å². The minimum atomic E-state index is -0.709. The number of carbonyl (C=O) groups excluding carboxylic acids is 2. The van der Waals surface area contributed by atoms with Crippen LogP contribution >= 0.6 is 0 Å². The highest BCUT2D eigenvalue weighted by atomic mass is 16.6. The van der Waals surface area contributed by atoms with Gasteiger partial charge in [-0.25, -0.2) is 4.79 Å². The maximum Gasteiger partial charge on any atom is 0.338 e. The maximum absolute atomic E-state index is 12.3. The summed E-state index contributed by atoms with van der Waals surface area (Å²) in [7, 11) is 2.61. The number of nitrogens with zero attached hydrogens (tertiary/aromatic N) is 1. The first-order valence-electron chi connectivity index (χ1n) is 7.13. The molecule has 0 atom stereocenters. The number of methoxy groups -OCH3 is 2. The molecule has 130 valence electrons. The van der Waals surface area contributed by atoms with Gasteiger partial charge in [-0.2, -0.15) is 0 Å². The van der Waals surface area contributed by atoms with Gasteiger partial charge in [-0.1, -0.05) is 12.1 Å². The molecular weight excluding hydrogens is 330 g/mol. The molecule has 0 bridgehead atoms. The van der Waals surface area contributed by atoms with Crippen molar-refractivity contribution in [2.75, 3.05) is 20.8 Å². The Labute approximate surface area is 143 Å². The number of esters is 1. The number of ketones is 1. The largest absolute Gasteiger partial charge is 0.496 e. The molecule has 25 heavy (non-hydrogen) atoms. The van der Waals surface area contributed by atoms with Gasteiger partial charge in [-0.05, 0) is 24.3 Å². The van der Waals surface area contributed by atoms with E-state index in [0.29, 0.717) is 11.3 Å². The minimum Gasteiger partial charge on any atom is -0.496 e. The highest BCUT2D eigenvalue weighted by Gasteiger charge is 2.21. The van der Waals surface area contributed by atoms with Gasteiger partial charge < -0.3 is 14.2 Å². The predicted octanol–water partition coefficient (Wildman–Crippen LogP) is 2.65. The van der Waals surface area contributed by atoms with Gasteiger partial charge in [-0.3, -0.25) is 14.9 Å². The van der Waals surface area contributed by atoms with Crippen molar-refractivity contribution in [2.45, 2.75) is 0 Å². The van der Waals surface area contributed by atoms with Crippen LogP contribution in [0.2, 0.25) is 0 Å². The molecule has 2 rings (SSSR count). The molecule has 0 spiro atoms.